The number of aromatic nitrogens is 2. The topological polar surface area (TPSA) is 29.9 Å². The molecule has 0 spiro atoms. The summed E-state index contributed by atoms with van der Waals surface area (Å²) in [6.45, 7) is 1.87. The Kier molecular flexibility index (Phi) is 3.77. The summed E-state index contributed by atoms with van der Waals surface area (Å²) in [5.41, 5.74) is 0.0874. The fraction of sp³-hybridized carbons (Fsp3) is 0.625. The van der Waals surface area contributed by atoms with E-state index in [0.717, 1.165) is 0 Å². The van der Waals surface area contributed by atoms with Crippen LogP contribution in [0, 0.1) is 0 Å². The molecule has 1 atom stereocenters. The Morgan fingerprint density at radius 2 is 2.20 bits per heavy atom. The van der Waals surface area contributed by atoms with Gasteiger partial charge in [0.15, 0.2) is 0 Å². The molecule has 1 N–H and O–H groups in total. The van der Waals surface area contributed by atoms with Crippen molar-refractivity contribution in [2.75, 3.05) is 6.54 Å². The summed E-state index contributed by atoms with van der Waals surface area (Å²) >= 11 is 3.06. The van der Waals surface area contributed by atoms with Crippen LogP contribution in [0.25, 0.3) is 0 Å². The summed E-state index contributed by atoms with van der Waals surface area (Å²) in [6, 6.07) is -1.69. The van der Waals surface area contributed by atoms with Crippen molar-refractivity contribution in [2.24, 2.45) is 7.05 Å². The summed E-state index contributed by atoms with van der Waals surface area (Å²) in [5, 5.41) is 6.15. The second-order valence-electron chi connectivity index (χ2n) is 3.03. The molecule has 1 aromatic heterocycles. The van der Waals surface area contributed by atoms with Gasteiger partial charge in [-0.1, -0.05) is 6.92 Å². The van der Waals surface area contributed by atoms with Crippen LogP contribution in [-0.2, 0) is 7.05 Å². The Hall–Kier alpha value is -0.560. The summed E-state index contributed by atoms with van der Waals surface area (Å²) in [5.74, 6) is 0. The number of rotatable bonds is 3. The van der Waals surface area contributed by atoms with Crippen molar-refractivity contribution in [3.63, 3.8) is 0 Å². The molecule has 0 saturated heterocycles. The Balaban J connectivity index is 3.10. The highest BCUT2D eigenvalue weighted by atomic mass is 79.9. The molecule has 0 radical (unpaired) electrons. The second kappa shape index (κ2) is 4.52. The SMILES string of the molecule is CCNC(c1c(Br)cnn1C)C(F)(F)F. The average molecular weight is 286 g/mol. The van der Waals surface area contributed by atoms with Crippen LogP contribution >= 0.6 is 15.9 Å². The van der Waals surface area contributed by atoms with E-state index in [9.17, 15) is 13.2 Å². The van der Waals surface area contributed by atoms with E-state index in [1.165, 1.54) is 17.9 Å². The molecule has 86 valence electrons. The van der Waals surface area contributed by atoms with Gasteiger partial charge in [0.1, 0.15) is 6.04 Å². The number of halogens is 4. The fourth-order valence-corrected chi connectivity index (χ4v) is 1.89. The molecule has 1 aromatic rings. The number of nitrogens with one attached hydrogen (secondary N) is 1. The molecule has 0 fully saturated rings. The van der Waals surface area contributed by atoms with Gasteiger partial charge in [-0.05, 0) is 22.5 Å². The van der Waals surface area contributed by atoms with Crippen LogP contribution in [0.3, 0.4) is 0 Å². The van der Waals surface area contributed by atoms with Gasteiger partial charge in [-0.2, -0.15) is 18.3 Å². The second-order valence-corrected chi connectivity index (χ2v) is 3.89. The molecule has 1 heterocycles. The van der Waals surface area contributed by atoms with E-state index in [2.05, 4.69) is 26.3 Å². The third-order valence-corrected chi connectivity index (χ3v) is 2.56. The summed E-state index contributed by atoms with van der Waals surface area (Å²) < 4.78 is 39.7. The lowest BCUT2D eigenvalue weighted by atomic mass is 10.2. The lowest BCUT2D eigenvalue weighted by Gasteiger charge is -2.21. The first-order valence-electron chi connectivity index (χ1n) is 4.35. The average Bonchev–Trinajstić information content (AvgIpc) is 2.41. The zero-order valence-electron chi connectivity index (χ0n) is 8.27. The lowest BCUT2D eigenvalue weighted by Crippen LogP contribution is -2.35. The molecule has 0 aromatic carbocycles. The Labute approximate surface area is 93.8 Å². The first-order chi connectivity index (χ1) is 6.88. The molecule has 0 aliphatic carbocycles. The number of nitrogens with zero attached hydrogens (tertiary/aromatic N) is 2. The van der Waals surface area contributed by atoms with Crippen LogP contribution in [0.1, 0.15) is 18.7 Å². The zero-order valence-corrected chi connectivity index (χ0v) is 9.85. The number of hydrogen-bond donors (Lipinski definition) is 1. The van der Waals surface area contributed by atoms with Gasteiger partial charge >= 0.3 is 6.18 Å². The van der Waals surface area contributed by atoms with Crippen molar-refractivity contribution in [3.8, 4) is 0 Å². The van der Waals surface area contributed by atoms with E-state index in [1.807, 2.05) is 0 Å². The van der Waals surface area contributed by atoms with E-state index in [4.69, 9.17) is 0 Å². The van der Waals surface area contributed by atoms with Gasteiger partial charge < -0.3 is 5.32 Å². The van der Waals surface area contributed by atoms with Gasteiger partial charge in [-0.3, -0.25) is 4.68 Å². The molecule has 0 amide bonds. The van der Waals surface area contributed by atoms with Crippen molar-refractivity contribution < 1.29 is 13.2 Å². The zero-order chi connectivity index (χ0) is 11.6. The first kappa shape index (κ1) is 12.5. The highest BCUT2D eigenvalue weighted by molar-refractivity contribution is 9.10. The van der Waals surface area contributed by atoms with Crippen molar-refractivity contribution in [1.29, 1.82) is 0 Å². The van der Waals surface area contributed by atoms with Gasteiger partial charge in [0.2, 0.25) is 0 Å². The Morgan fingerprint density at radius 1 is 1.60 bits per heavy atom. The van der Waals surface area contributed by atoms with Crippen LogP contribution in [0.5, 0.6) is 0 Å². The lowest BCUT2D eigenvalue weighted by molar-refractivity contribution is -0.159. The molecule has 0 aliphatic rings. The minimum Gasteiger partial charge on any atom is -0.301 e. The third-order valence-electron chi connectivity index (χ3n) is 1.95. The van der Waals surface area contributed by atoms with Crippen molar-refractivity contribution >= 4 is 15.9 Å². The molecule has 7 heteroatoms. The van der Waals surface area contributed by atoms with Crippen LogP contribution in [-0.4, -0.2) is 22.5 Å². The maximum atomic E-state index is 12.7. The van der Waals surface area contributed by atoms with E-state index in [1.54, 1.807) is 6.92 Å². The summed E-state index contributed by atoms with van der Waals surface area (Å²) in [6.07, 6.45) is -2.97. The van der Waals surface area contributed by atoms with E-state index in [-0.39, 0.29) is 12.2 Å². The van der Waals surface area contributed by atoms with Crippen molar-refractivity contribution in [3.05, 3.63) is 16.4 Å². The fourth-order valence-electron chi connectivity index (χ4n) is 1.32. The first-order valence-corrected chi connectivity index (χ1v) is 5.14. The van der Waals surface area contributed by atoms with Gasteiger partial charge in [-0.15, -0.1) is 0 Å². The Morgan fingerprint density at radius 3 is 2.53 bits per heavy atom. The van der Waals surface area contributed by atoms with E-state index < -0.39 is 12.2 Å². The van der Waals surface area contributed by atoms with E-state index in [0.29, 0.717) is 4.47 Å². The minimum atomic E-state index is -4.33. The highest BCUT2D eigenvalue weighted by Crippen LogP contribution is 2.35. The molecule has 0 aliphatic heterocycles. The number of aryl methyl sites for hydroxylation is 1. The van der Waals surface area contributed by atoms with Gasteiger partial charge in [0.25, 0.3) is 0 Å². The summed E-state index contributed by atoms with van der Waals surface area (Å²) in [4.78, 5) is 0. The molecular weight excluding hydrogens is 275 g/mol. The van der Waals surface area contributed by atoms with E-state index >= 15 is 0 Å². The molecule has 0 bridgehead atoms. The van der Waals surface area contributed by atoms with Gasteiger partial charge in [0, 0.05) is 7.05 Å². The monoisotopic (exact) mass is 285 g/mol. The molecule has 1 unspecified atom stereocenters. The summed E-state index contributed by atoms with van der Waals surface area (Å²) in [7, 11) is 1.48. The van der Waals surface area contributed by atoms with Gasteiger partial charge in [0.05, 0.1) is 16.4 Å². The predicted molar refractivity (Wildman–Crippen MR) is 53.4 cm³/mol. The smallest absolute Gasteiger partial charge is 0.301 e. The molecule has 15 heavy (non-hydrogen) atoms. The molecule has 0 saturated carbocycles. The normalized spacial score (nSPS) is 14.3. The van der Waals surface area contributed by atoms with Gasteiger partial charge in [-0.25, -0.2) is 0 Å². The maximum Gasteiger partial charge on any atom is 0.409 e. The van der Waals surface area contributed by atoms with Crippen LogP contribution in [0.4, 0.5) is 13.2 Å². The maximum absolute atomic E-state index is 12.7. The van der Waals surface area contributed by atoms with Crippen molar-refractivity contribution in [2.45, 2.75) is 19.1 Å². The van der Waals surface area contributed by atoms with Crippen LogP contribution in [0.15, 0.2) is 10.7 Å². The minimum absolute atomic E-state index is 0.0874. The third kappa shape index (κ3) is 2.72. The molecule has 1 rings (SSSR count). The molecule has 3 nitrogen and oxygen atoms in total. The highest BCUT2D eigenvalue weighted by Gasteiger charge is 2.42. The quantitative estimate of drug-likeness (QED) is 0.924. The Bertz CT molecular complexity index is 315. The standard InChI is InChI=1S/C8H11BrF3N3/c1-3-13-7(8(10,11)12)6-5(9)4-14-15(6)2/h4,7,13H,3H2,1-2H3. The number of hydrogen-bond acceptors (Lipinski definition) is 2. The largest absolute Gasteiger partial charge is 0.409 e. The van der Waals surface area contributed by atoms with Crippen LogP contribution < -0.4 is 5.32 Å². The molecular formula is C8H11BrF3N3. The number of alkyl halides is 3. The van der Waals surface area contributed by atoms with Crippen molar-refractivity contribution in [1.82, 2.24) is 15.1 Å². The van der Waals surface area contributed by atoms with Crippen LogP contribution in [0.2, 0.25) is 0 Å². The predicted octanol–water partition coefficient (Wildman–Crippen LogP) is 2.40.